The molecule has 15 heavy (non-hydrogen) atoms. The summed E-state index contributed by atoms with van der Waals surface area (Å²) in [6, 6.07) is 9.83. The first-order chi connectivity index (χ1) is 7.24. The summed E-state index contributed by atoms with van der Waals surface area (Å²) in [4.78, 5) is 10.3. The molecule has 0 spiro atoms. The quantitative estimate of drug-likeness (QED) is 0.488. The summed E-state index contributed by atoms with van der Waals surface area (Å²) in [5, 5.41) is 0.0792. The molecule has 0 heterocycles. The van der Waals surface area contributed by atoms with Gasteiger partial charge in [-0.05, 0) is 16.4 Å². The molecule has 0 aromatic heterocycles. The number of carbonyl (C=O) groups is 1. The molecule has 3 nitrogen and oxygen atoms in total. The number of nitrogens with two attached hydrogens (primary N) is 1. The van der Waals surface area contributed by atoms with Gasteiger partial charge in [-0.2, -0.15) is 0 Å². The zero-order chi connectivity index (χ0) is 11.1. The molecule has 1 rings (SSSR count). The molecule has 0 aliphatic heterocycles. The Morgan fingerprint density at radius 1 is 1.47 bits per heavy atom. The zero-order valence-electron chi connectivity index (χ0n) is 7.96. The van der Waals surface area contributed by atoms with Gasteiger partial charge in [0.05, 0.1) is 5.25 Å². The number of benzene rings is 1. The van der Waals surface area contributed by atoms with Crippen molar-refractivity contribution in [1.82, 2.24) is 0 Å². The Morgan fingerprint density at radius 2 is 2.13 bits per heavy atom. The van der Waals surface area contributed by atoms with Crippen molar-refractivity contribution in [2.75, 3.05) is 0 Å². The molecule has 1 atom stereocenters. The van der Waals surface area contributed by atoms with Crippen LogP contribution in [0.4, 0.5) is 4.79 Å². The highest BCUT2D eigenvalue weighted by molar-refractivity contribution is 8.75. The summed E-state index contributed by atoms with van der Waals surface area (Å²) >= 11 is 0.960. The molecule has 80 valence electrons. The van der Waals surface area contributed by atoms with E-state index >= 15 is 0 Å². The molecule has 0 aliphatic rings. The summed E-state index contributed by atoms with van der Waals surface area (Å²) in [7, 11) is 1.38. The summed E-state index contributed by atoms with van der Waals surface area (Å²) < 4.78 is 4.57. The van der Waals surface area contributed by atoms with Gasteiger partial charge in [-0.25, -0.2) is 4.79 Å². The van der Waals surface area contributed by atoms with Crippen LogP contribution in [0.25, 0.3) is 0 Å². The fraction of sp³-hybridized carbons (Fsp3) is 0.100. The number of amides is 1. The van der Waals surface area contributed by atoms with E-state index in [2.05, 4.69) is 10.8 Å². The lowest BCUT2D eigenvalue weighted by Crippen LogP contribution is -2.07. The third-order valence-electron chi connectivity index (χ3n) is 1.60. The summed E-state index contributed by atoms with van der Waals surface area (Å²) in [6.45, 7) is 3.73. The van der Waals surface area contributed by atoms with Crippen LogP contribution in [0.5, 0.6) is 0 Å². The highest BCUT2D eigenvalue weighted by atomic mass is 33.1. The van der Waals surface area contributed by atoms with Crippen LogP contribution < -0.4 is 5.73 Å². The fourth-order valence-corrected chi connectivity index (χ4v) is 2.65. The largest absolute Gasteiger partial charge is 0.417 e. The van der Waals surface area contributed by atoms with Gasteiger partial charge >= 0.3 is 6.09 Å². The van der Waals surface area contributed by atoms with Gasteiger partial charge in [-0.15, -0.1) is 6.58 Å². The van der Waals surface area contributed by atoms with E-state index in [1.165, 1.54) is 10.8 Å². The van der Waals surface area contributed by atoms with Crippen molar-refractivity contribution >= 4 is 28.0 Å². The lowest BCUT2D eigenvalue weighted by atomic mass is 10.1. The highest BCUT2D eigenvalue weighted by Crippen LogP contribution is 2.38. The van der Waals surface area contributed by atoms with E-state index in [1.807, 2.05) is 30.3 Å². The van der Waals surface area contributed by atoms with Gasteiger partial charge in [0.25, 0.3) is 0 Å². The molecule has 0 bridgehead atoms. The van der Waals surface area contributed by atoms with Crippen LogP contribution in [0.15, 0.2) is 43.0 Å². The fourth-order valence-electron chi connectivity index (χ4n) is 0.969. The minimum absolute atomic E-state index is 0.0792. The average Bonchev–Trinajstić information content (AvgIpc) is 2.25. The van der Waals surface area contributed by atoms with Gasteiger partial charge < -0.3 is 9.92 Å². The Labute approximate surface area is 96.7 Å². The first-order valence-electron chi connectivity index (χ1n) is 4.21. The number of primary amides is 1. The van der Waals surface area contributed by atoms with Crippen LogP contribution in [-0.4, -0.2) is 6.09 Å². The van der Waals surface area contributed by atoms with Crippen molar-refractivity contribution in [2.45, 2.75) is 5.25 Å². The molecule has 1 aromatic carbocycles. The molecular weight excluding hydrogens is 230 g/mol. The second-order valence-corrected chi connectivity index (χ2v) is 4.62. The minimum atomic E-state index is -0.789. The molecule has 5 heteroatoms. The van der Waals surface area contributed by atoms with Gasteiger partial charge in [0.1, 0.15) is 11.1 Å². The number of rotatable bonds is 5. The summed E-state index contributed by atoms with van der Waals surface area (Å²) in [5.74, 6) is 0. The first-order valence-corrected chi connectivity index (χ1v) is 6.34. The average molecular weight is 241 g/mol. The standard InChI is InChI=1S/C10H11NO2S2/c1-2-9(14-15-13-10(11)12)8-6-4-3-5-7-8/h2-7,9H,1H2,(H2,11,12). The maximum Gasteiger partial charge on any atom is 0.417 e. The van der Waals surface area contributed by atoms with Crippen LogP contribution in [0.3, 0.4) is 0 Å². The maximum absolute atomic E-state index is 10.3. The van der Waals surface area contributed by atoms with E-state index in [4.69, 9.17) is 5.73 Å². The number of hydrogen-bond donors (Lipinski definition) is 1. The summed E-state index contributed by atoms with van der Waals surface area (Å²) in [6.07, 6.45) is 1.00. The first kappa shape index (κ1) is 12.0. The van der Waals surface area contributed by atoms with E-state index in [0.717, 1.165) is 16.6 Å². The van der Waals surface area contributed by atoms with Gasteiger partial charge in [0.15, 0.2) is 0 Å². The molecule has 0 aliphatic carbocycles. The summed E-state index contributed by atoms with van der Waals surface area (Å²) in [5.41, 5.74) is 5.95. The predicted molar refractivity (Wildman–Crippen MR) is 65.2 cm³/mol. The van der Waals surface area contributed by atoms with Crippen molar-refractivity contribution in [2.24, 2.45) is 5.73 Å². The van der Waals surface area contributed by atoms with Crippen LogP contribution >= 0.6 is 21.9 Å². The molecule has 0 fully saturated rings. The van der Waals surface area contributed by atoms with Gasteiger partial charge in [0.2, 0.25) is 0 Å². The van der Waals surface area contributed by atoms with E-state index in [-0.39, 0.29) is 5.25 Å². The van der Waals surface area contributed by atoms with Crippen molar-refractivity contribution in [1.29, 1.82) is 0 Å². The third-order valence-corrected chi connectivity index (χ3v) is 3.65. The second kappa shape index (κ2) is 6.42. The van der Waals surface area contributed by atoms with Crippen LogP contribution in [0, 0.1) is 0 Å². The molecule has 0 saturated heterocycles. The SMILES string of the molecule is C=CC(SSOC(N)=O)c1ccccc1. The van der Waals surface area contributed by atoms with Crippen LogP contribution in [0.2, 0.25) is 0 Å². The second-order valence-electron chi connectivity index (χ2n) is 2.63. The lowest BCUT2D eigenvalue weighted by molar-refractivity contribution is 0.219. The molecule has 2 N–H and O–H groups in total. The van der Waals surface area contributed by atoms with E-state index in [9.17, 15) is 4.79 Å². The molecule has 1 amide bonds. The van der Waals surface area contributed by atoms with E-state index in [0.29, 0.717) is 0 Å². The third kappa shape index (κ3) is 4.31. The Balaban J connectivity index is 2.50. The molecule has 1 aromatic rings. The predicted octanol–water partition coefficient (Wildman–Crippen LogP) is 3.31. The molecule has 0 saturated carbocycles. The number of carbonyl (C=O) groups excluding carboxylic acids is 1. The van der Waals surface area contributed by atoms with Crippen molar-refractivity contribution < 1.29 is 8.98 Å². The normalized spacial score (nSPS) is 11.7. The Bertz CT molecular complexity index is 329. The molecular formula is C10H11NO2S2. The topological polar surface area (TPSA) is 52.3 Å². The highest BCUT2D eigenvalue weighted by Gasteiger charge is 2.09. The van der Waals surface area contributed by atoms with Crippen molar-refractivity contribution in [3.8, 4) is 0 Å². The maximum atomic E-state index is 10.3. The van der Waals surface area contributed by atoms with Crippen molar-refractivity contribution in [3.63, 3.8) is 0 Å². The Morgan fingerprint density at radius 3 is 2.67 bits per heavy atom. The minimum Gasteiger partial charge on any atom is -0.363 e. The monoisotopic (exact) mass is 241 g/mol. The van der Waals surface area contributed by atoms with Crippen molar-refractivity contribution in [3.05, 3.63) is 48.6 Å². The van der Waals surface area contributed by atoms with Gasteiger partial charge in [-0.1, -0.05) is 36.4 Å². The Kier molecular flexibility index (Phi) is 5.14. The van der Waals surface area contributed by atoms with Gasteiger partial charge in [-0.3, -0.25) is 0 Å². The zero-order valence-corrected chi connectivity index (χ0v) is 9.59. The van der Waals surface area contributed by atoms with E-state index in [1.54, 1.807) is 6.08 Å². The van der Waals surface area contributed by atoms with E-state index < -0.39 is 6.09 Å². The Hall–Kier alpha value is -1.07. The smallest absolute Gasteiger partial charge is 0.363 e. The lowest BCUT2D eigenvalue weighted by Gasteiger charge is -2.09. The molecule has 1 unspecified atom stereocenters. The van der Waals surface area contributed by atoms with Crippen LogP contribution in [0.1, 0.15) is 10.8 Å². The molecule has 0 radical (unpaired) electrons. The number of hydrogen-bond acceptors (Lipinski definition) is 4. The van der Waals surface area contributed by atoms with Gasteiger partial charge in [0, 0.05) is 0 Å². The van der Waals surface area contributed by atoms with Crippen LogP contribution in [-0.2, 0) is 4.18 Å².